The Morgan fingerprint density at radius 1 is 1.25 bits per heavy atom. The van der Waals surface area contributed by atoms with Gasteiger partial charge >= 0.3 is 0 Å². The second-order valence-corrected chi connectivity index (χ2v) is 5.55. The lowest BCUT2D eigenvalue weighted by Crippen LogP contribution is -2.19. The molecule has 1 aromatic heterocycles. The molecule has 2 rings (SSSR count). The molecule has 0 saturated carbocycles. The predicted molar refractivity (Wildman–Crippen MR) is 83.4 cm³/mol. The Bertz CT molecular complexity index is 545. The number of ether oxygens (including phenoxy) is 1. The number of benzene rings is 1. The minimum atomic E-state index is 0.250. The molecule has 1 unspecified atom stereocenters. The first-order chi connectivity index (χ1) is 9.76. The first-order valence-electron chi connectivity index (χ1n) is 6.74. The summed E-state index contributed by atoms with van der Waals surface area (Å²) in [6.45, 7) is 5.21. The Hall–Kier alpha value is -1.52. The van der Waals surface area contributed by atoms with E-state index in [1.165, 1.54) is 15.4 Å². The molecule has 0 spiro atoms. The van der Waals surface area contributed by atoms with Gasteiger partial charge in [-0.25, -0.2) is 0 Å². The molecule has 0 bridgehead atoms. The topological polar surface area (TPSA) is 34.1 Å². The van der Waals surface area contributed by atoms with Gasteiger partial charge in [-0.1, -0.05) is 24.8 Å². The molecule has 0 aliphatic heterocycles. The highest BCUT2D eigenvalue weighted by Gasteiger charge is 2.16. The maximum atomic E-state index is 5.53. The summed E-state index contributed by atoms with van der Waals surface area (Å²) in [4.78, 5) is 6.45. The number of rotatable bonds is 6. The lowest BCUT2D eigenvalue weighted by atomic mass is 10.1. The van der Waals surface area contributed by atoms with E-state index in [1.54, 1.807) is 18.9 Å². The third-order valence-electron chi connectivity index (χ3n) is 3.07. The van der Waals surface area contributed by atoms with E-state index < -0.39 is 0 Å². The molecular weight excluding hydrogens is 268 g/mol. The van der Waals surface area contributed by atoms with Crippen LogP contribution in [0, 0.1) is 0 Å². The molecule has 1 aromatic carbocycles. The van der Waals surface area contributed by atoms with E-state index >= 15 is 0 Å². The largest absolute Gasteiger partial charge is 0.496 e. The number of nitrogens with one attached hydrogen (secondary N) is 1. The van der Waals surface area contributed by atoms with Gasteiger partial charge in [-0.2, -0.15) is 0 Å². The molecular formula is C16H20N2OS. The van der Waals surface area contributed by atoms with Crippen molar-refractivity contribution in [3.8, 4) is 5.75 Å². The predicted octanol–water partition coefficient (Wildman–Crippen LogP) is 3.91. The average molecular weight is 288 g/mol. The highest BCUT2D eigenvalue weighted by Crippen LogP contribution is 2.38. The van der Waals surface area contributed by atoms with Crippen molar-refractivity contribution in [2.75, 3.05) is 13.7 Å². The molecule has 1 atom stereocenters. The third-order valence-corrected chi connectivity index (χ3v) is 4.15. The molecule has 3 nitrogen and oxygen atoms in total. The van der Waals surface area contributed by atoms with Crippen molar-refractivity contribution in [3.05, 3.63) is 48.3 Å². The van der Waals surface area contributed by atoms with Crippen LogP contribution in [0.4, 0.5) is 0 Å². The molecule has 0 saturated heterocycles. The number of methoxy groups -OCH3 is 1. The lowest BCUT2D eigenvalue weighted by molar-refractivity contribution is 0.400. The molecule has 1 N–H and O–H groups in total. The Labute approximate surface area is 124 Å². The number of aromatic nitrogens is 1. The molecule has 0 amide bonds. The van der Waals surface area contributed by atoms with Crippen molar-refractivity contribution in [1.82, 2.24) is 10.3 Å². The van der Waals surface area contributed by atoms with Gasteiger partial charge in [0.1, 0.15) is 5.75 Å². The van der Waals surface area contributed by atoms with Gasteiger partial charge in [-0.05, 0) is 37.7 Å². The summed E-state index contributed by atoms with van der Waals surface area (Å²) >= 11 is 1.74. The summed E-state index contributed by atoms with van der Waals surface area (Å²) in [6.07, 6.45) is 3.63. The Balaban J connectivity index is 2.36. The van der Waals surface area contributed by atoms with Gasteiger partial charge in [-0.3, -0.25) is 4.98 Å². The second-order valence-electron chi connectivity index (χ2n) is 4.44. The summed E-state index contributed by atoms with van der Waals surface area (Å²) < 4.78 is 5.53. The zero-order valence-electron chi connectivity index (χ0n) is 12.1. The van der Waals surface area contributed by atoms with Crippen LogP contribution in [0.1, 0.15) is 25.5 Å². The minimum absolute atomic E-state index is 0.250. The summed E-state index contributed by atoms with van der Waals surface area (Å²) in [5.41, 5.74) is 1.21. The second kappa shape index (κ2) is 7.31. The van der Waals surface area contributed by atoms with E-state index in [4.69, 9.17) is 4.74 Å². The SMILES string of the molecule is CCNC(C)c1c(OC)cccc1Sc1ccncc1. The third kappa shape index (κ3) is 3.52. The van der Waals surface area contributed by atoms with Crippen LogP contribution in [0.5, 0.6) is 5.75 Å². The molecule has 0 fully saturated rings. The van der Waals surface area contributed by atoms with Crippen molar-refractivity contribution in [1.29, 1.82) is 0 Å². The fraction of sp³-hybridized carbons (Fsp3) is 0.312. The van der Waals surface area contributed by atoms with Gasteiger partial charge in [0, 0.05) is 33.8 Å². The van der Waals surface area contributed by atoms with Crippen molar-refractivity contribution < 1.29 is 4.74 Å². The van der Waals surface area contributed by atoms with E-state index in [-0.39, 0.29) is 6.04 Å². The van der Waals surface area contributed by atoms with E-state index in [2.05, 4.69) is 30.2 Å². The van der Waals surface area contributed by atoms with Gasteiger partial charge < -0.3 is 10.1 Å². The number of hydrogen-bond acceptors (Lipinski definition) is 4. The molecule has 4 heteroatoms. The van der Waals surface area contributed by atoms with Crippen LogP contribution in [0.3, 0.4) is 0 Å². The molecule has 1 heterocycles. The van der Waals surface area contributed by atoms with Gasteiger partial charge in [0.2, 0.25) is 0 Å². The fourth-order valence-electron chi connectivity index (χ4n) is 2.16. The molecule has 0 aliphatic rings. The zero-order valence-corrected chi connectivity index (χ0v) is 12.9. The molecule has 20 heavy (non-hydrogen) atoms. The highest BCUT2D eigenvalue weighted by molar-refractivity contribution is 7.99. The number of pyridine rings is 1. The first kappa shape index (κ1) is 14.9. The van der Waals surface area contributed by atoms with Crippen molar-refractivity contribution in [2.45, 2.75) is 29.7 Å². The van der Waals surface area contributed by atoms with E-state index in [1.807, 2.05) is 36.7 Å². The van der Waals surface area contributed by atoms with Crippen molar-refractivity contribution in [3.63, 3.8) is 0 Å². The fourth-order valence-corrected chi connectivity index (χ4v) is 3.20. The van der Waals surface area contributed by atoms with Gasteiger partial charge in [0.15, 0.2) is 0 Å². The summed E-state index contributed by atoms with van der Waals surface area (Å²) in [6, 6.07) is 10.5. The van der Waals surface area contributed by atoms with E-state index in [9.17, 15) is 0 Å². The van der Waals surface area contributed by atoms with E-state index in [0.717, 1.165) is 12.3 Å². The maximum absolute atomic E-state index is 5.53. The van der Waals surface area contributed by atoms with Crippen LogP contribution >= 0.6 is 11.8 Å². The Morgan fingerprint density at radius 3 is 2.65 bits per heavy atom. The molecule has 0 aliphatic carbocycles. The van der Waals surface area contributed by atoms with Crippen LogP contribution in [0.15, 0.2) is 52.5 Å². The molecule has 106 valence electrons. The van der Waals surface area contributed by atoms with Crippen LogP contribution in [0.2, 0.25) is 0 Å². The van der Waals surface area contributed by atoms with Crippen LogP contribution < -0.4 is 10.1 Å². The number of hydrogen-bond donors (Lipinski definition) is 1. The molecule has 2 aromatic rings. The monoisotopic (exact) mass is 288 g/mol. The number of nitrogens with zero attached hydrogens (tertiary/aromatic N) is 1. The quantitative estimate of drug-likeness (QED) is 0.874. The van der Waals surface area contributed by atoms with E-state index in [0.29, 0.717) is 0 Å². The Morgan fingerprint density at radius 2 is 2.00 bits per heavy atom. The highest BCUT2D eigenvalue weighted by atomic mass is 32.2. The van der Waals surface area contributed by atoms with Crippen molar-refractivity contribution >= 4 is 11.8 Å². The Kier molecular flexibility index (Phi) is 5.44. The average Bonchev–Trinajstić information content (AvgIpc) is 2.48. The van der Waals surface area contributed by atoms with Gasteiger partial charge in [-0.15, -0.1) is 0 Å². The van der Waals surface area contributed by atoms with Gasteiger partial charge in [0.25, 0.3) is 0 Å². The molecule has 0 radical (unpaired) electrons. The standard InChI is InChI=1S/C16H20N2OS/c1-4-18-12(2)16-14(19-3)6-5-7-15(16)20-13-8-10-17-11-9-13/h5-12,18H,4H2,1-3H3. The van der Waals surface area contributed by atoms with Crippen LogP contribution in [0.25, 0.3) is 0 Å². The smallest absolute Gasteiger partial charge is 0.124 e. The summed E-state index contributed by atoms with van der Waals surface area (Å²) in [7, 11) is 1.72. The van der Waals surface area contributed by atoms with Gasteiger partial charge in [0.05, 0.1) is 7.11 Å². The minimum Gasteiger partial charge on any atom is -0.496 e. The lowest BCUT2D eigenvalue weighted by Gasteiger charge is -2.20. The summed E-state index contributed by atoms with van der Waals surface area (Å²) in [5.74, 6) is 0.928. The first-order valence-corrected chi connectivity index (χ1v) is 7.56. The van der Waals surface area contributed by atoms with Crippen LogP contribution in [-0.4, -0.2) is 18.6 Å². The summed E-state index contributed by atoms with van der Waals surface area (Å²) in [5, 5.41) is 3.46. The van der Waals surface area contributed by atoms with Crippen molar-refractivity contribution in [2.24, 2.45) is 0 Å². The normalized spacial score (nSPS) is 12.2. The zero-order chi connectivity index (χ0) is 14.4. The van der Waals surface area contributed by atoms with Crippen LogP contribution in [-0.2, 0) is 0 Å². The maximum Gasteiger partial charge on any atom is 0.124 e.